The zero-order valence-electron chi connectivity index (χ0n) is 12.7. The van der Waals surface area contributed by atoms with Gasteiger partial charge in [0.05, 0.1) is 12.3 Å². The van der Waals surface area contributed by atoms with Crippen LogP contribution >= 0.6 is 0 Å². The number of aryl methyl sites for hydroxylation is 1. The Morgan fingerprint density at radius 2 is 2.00 bits per heavy atom. The Hall–Kier alpha value is -2.75. The summed E-state index contributed by atoms with van der Waals surface area (Å²) in [6, 6.07) is 15.2. The van der Waals surface area contributed by atoms with Gasteiger partial charge in [0, 0.05) is 24.3 Å². The van der Waals surface area contributed by atoms with Crippen LogP contribution < -0.4 is 10.1 Å². The van der Waals surface area contributed by atoms with Crippen LogP contribution in [0.2, 0.25) is 0 Å². The van der Waals surface area contributed by atoms with Crippen molar-refractivity contribution in [2.75, 3.05) is 11.9 Å². The normalized spacial score (nSPS) is 10.6. The highest BCUT2D eigenvalue weighted by Crippen LogP contribution is 2.25. The molecule has 0 aliphatic carbocycles. The molecule has 4 nitrogen and oxygen atoms in total. The Morgan fingerprint density at radius 3 is 2.82 bits per heavy atom. The van der Waals surface area contributed by atoms with Gasteiger partial charge in [-0.25, -0.2) is 0 Å². The van der Waals surface area contributed by atoms with Gasteiger partial charge in [0.15, 0.2) is 0 Å². The summed E-state index contributed by atoms with van der Waals surface area (Å²) in [5.41, 5.74) is 2.34. The molecule has 4 heteroatoms. The lowest BCUT2D eigenvalue weighted by Gasteiger charge is -2.11. The number of benzene rings is 2. The highest BCUT2D eigenvalue weighted by atomic mass is 16.5. The van der Waals surface area contributed by atoms with Crippen molar-refractivity contribution in [3.8, 4) is 5.75 Å². The van der Waals surface area contributed by atoms with E-state index in [-0.39, 0.29) is 5.91 Å². The molecule has 0 bridgehead atoms. The summed E-state index contributed by atoms with van der Waals surface area (Å²) in [7, 11) is 1.97. The molecule has 0 aliphatic rings. The highest BCUT2D eigenvalue weighted by molar-refractivity contribution is 6.06. The lowest BCUT2D eigenvalue weighted by molar-refractivity contribution is 0.102. The zero-order chi connectivity index (χ0) is 15.5. The van der Waals surface area contributed by atoms with Crippen LogP contribution in [0.5, 0.6) is 5.75 Å². The SMILES string of the molecule is CCOc1ccccc1NC(=O)c1ccc2ccn(C)c2c1. The number of amides is 1. The van der Waals surface area contributed by atoms with Crippen LogP contribution in [0, 0.1) is 0 Å². The Morgan fingerprint density at radius 1 is 1.18 bits per heavy atom. The summed E-state index contributed by atoms with van der Waals surface area (Å²) >= 11 is 0. The number of nitrogens with zero attached hydrogens (tertiary/aromatic N) is 1. The molecule has 1 amide bonds. The number of aromatic nitrogens is 1. The van der Waals surface area contributed by atoms with Crippen LogP contribution in [0.1, 0.15) is 17.3 Å². The number of carbonyl (C=O) groups is 1. The first-order valence-electron chi connectivity index (χ1n) is 7.27. The van der Waals surface area contributed by atoms with Gasteiger partial charge in [-0.1, -0.05) is 18.2 Å². The van der Waals surface area contributed by atoms with Crippen molar-refractivity contribution >= 4 is 22.5 Å². The molecule has 0 saturated heterocycles. The Balaban J connectivity index is 1.88. The van der Waals surface area contributed by atoms with E-state index in [9.17, 15) is 4.79 Å². The molecule has 0 saturated carbocycles. The quantitative estimate of drug-likeness (QED) is 0.794. The minimum Gasteiger partial charge on any atom is -0.492 e. The van der Waals surface area contributed by atoms with Crippen molar-refractivity contribution < 1.29 is 9.53 Å². The molecule has 1 heterocycles. The number of para-hydroxylation sites is 2. The van der Waals surface area contributed by atoms with Crippen LogP contribution in [0.4, 0.5) is 5.69 Å². The number of hydrogen-bond donors (Lipinski definition) is 1. The minimum atomic E-state index is -0.143. The van der Waals surface area contributed by atoms with Crippen molar-refractivity contribution in [3.63, 3.8) is 0 Å². The van der Waals surface area contributed by atoms with Gasteiger partial charge in [-0.2, -0.15) is 0 Å². The summed E-state index contributed by atoms with van der Waals surface area (Å²) in [6.07, 6.45) is 1.98. The fourth-order valence-corrected chi connectivity index (χ4v) is 2.45. The molecule has 3 rings (SSSR count). The number of ether oxygens (including phenoxy) is 1. The fourth-order valence-electron chi connectivity index (χ4n) is 2.45. The second kappa shape index (κ2) is 5.93. The van der Waals surface area contributed by atoms with E-state index in [1.165, 1.54) is 0 Å². The molecular weight excluding hydrogens is 276 g/mol. The maximum absolute atomic E-state index is 12.5. The highest BCUT2D eigenvalue weighted by Gasteiger charge is 2.11. The first kappa shape index (κ1) is 14.2. The van der Waals surface area contributed by atoms with E-state index < -0.39 is 0 Å². The summed E-state index contributed by atoms with van der Waals surface area (Å²) in [5, 5.41) is 4.03. The molecule has 2 aromatic carbocycles. The third-order valence-electron chi connectivity index (χ3n) is 3.59. The second-order valence-corrected chi connectivity index (χ2v) is 5.08. The summed E-state index contributed by atoms with van der Waals surface area (Å²) < 4.78 is 7.53. The van der Waals surface area contributed by atoms with E-state index in [2.05, 4.69) is 5.32 Å². The number of anilines is 1. The van der Waals surface area contributed by atoms with Crippen LogP contribution in [-0.4, -0.2) is 17.1 Å². The van der Waals surface area contributed by atoms with Gasteiger partial charge in [-0.05, 0) is 42.6 Å². The third kappa shape index (κ3) is 2.68. The predicted molar refractivity (Wildman–Crippen MR) is 88.5 cm³/mol. The van der Waals surface area contributed by atoms with Gasteiger partial charge in [0.2, 0.25) is 0 Å². The van der Waals surface area contributed by atoms with Crippen LogP contribution in [0.25, 0.3) is 10.9 Å². The Labute approximate surface area is 129 Å². The summed E-state index contributed by atoms with van der Waals surface area (Å²) in [4.78, 5) is 12.5. The minimum absolute atomic E-state index is 0.143. The molecule has 0 atom stereocenters. The van der Waals surface area contributed by atoms with Gasteiger partial charge in [-0.3, -0.25) is 4.79 Å². The number of rotatable bonds is 4. The van der Waals surface area contributed by atoms with Crippen LogP contribution in [-0.2, 0) is 7.05 Å². The lowest BCUT2D eigenvalue weighted by atomic mass is 10.1. The summed E-state index contributed by atoms with van der Waals surface area (Å²) in [5.74, 6) is 0.536. The predicted octanol–water partition coefficient (Wildman–Crippen LogP) is 3.83. The van der Waals surface area contributed by atoms with Crippen molar-refractivity contribution in [1.82, 2.24) is 4.57 Å². The van der Waals surface area contributed by atoms with Crippen LogP contribution in [0.3, 0.4) is 0 Å². The third-order valence-corrected chi connectivity index (χ3v) is 3.59. The molecule has 1 aromatic heterocycles. The molecule has 3 aromatic rings. The van der Waals surface area contributed by atoms with Gasteiger partial charge >= 0.3 is 0 Å². The van der Waals surface area contributed by atoms with Crippen molar-refractivity contribution in [3.05, 3.63) is 60.3 Å². The van der Waals surface area contributed by atoms with Gasteiger partial charge in [0.1, 0.15) is 5.75 Å². The molecule has 112 valence electrons. The smallest absolute Gasteiger partial charge is 0.255 e. The van der Waals surface area contributed by atoms with E-state index in [1.54, 1.807) is 0 Å². The van der Waals surface area contributed by atoms with E-state index in [0.29, 0.717) is 23.6 Å². The molecule has 0 fully saturated rings. The number of fused-ring (bicyclic) bond motifs is 1. The van der Waals surface area contributed by atoms with E-state index >= 15 is 0 Å². The average molecular weight is 294 g/mol. The molecule has 0 aliphatic heterocycles. The maximum atomic E-state index is 12.5. The van der Waals surface area contributed by atoms with E-state index in [0.717, 1.165) is 10.9 Å². The molecule has 0 unspecified atom stereocenters. The molecule has 1 N–H and O–H groups in total. The molecular formula is C18H18N2O2. The number of hydrogen-bond acceptors (Lipinski definition) is 2. The fraction of sp³-hybridized carbons (Fsp3) is 0.167. The van der Waals surface area contributed by atoms with Gasteiger partial charge in [-0.15, -0.1) is 0 Å². The van der Waals surface area contributed by atoms with Gasteiger partial charge in [0.25, 0.3) is 5.91 Å². The standard InChI is InChI=1S/C18H18N2O2/c1-3-22-17-7-5-4-6-15(17)19-18(21)14-9-8-13-10-11-20(2)16(13)12-14/h4-12H,3H2,1-2H3,(H,19,21). The Kier molecular flexibility index (Phi) is 3.83. The monoisotopic (exact) mass is 294 g/mol. The molecule has 22 heavy (non-hydrogen) atoms. The Bertz CT molecular complexity index is 821. The maximum Gasteiger partial charge on any atom is 0.255 e. The first-order valence-corrected chi connectivity index (χ1v) is 7.27. The molecule has 0 radical (unpaired) electrons. The second-order valence-electron chi connectivity index (χ2n) is 5.08. The topological polar surface area (TPSA) is 43.3 Å². The van der Waals surface area contributed by atoms with Gasteiger partial charge < -0.3 is 14.6 Å². The lowest BCUT2D eigenvalue weighted by Crippen LogP contribution is -2.13. The average Bonchev–Trinajstić information content (AvgIpc) is 2.90. The summed E-state index contributed by atoms with van der Waals surface area (Å²) in [6.45, 7) is 2.48. The zero-order valence-corrected chi connectivity index (χ0v) is 12.7. The largest absolute Gasteiger partial charge is 0.492 e. The van der Waals surface area contributed by atoms with Crippen molar-refractivity contribution in [1.29, 1.82) is 0 Å². The van der Waals surface area contributed by atoms with Crippen molar-refractivity contribution in [2.45, 2.75) is 6.92 Å². The number of nitrogens with one attached hydrogen (secondary N) is 1. The van der Waals surface area contributed by atoms with Crippen LogP contribution in [0.15, 0.2) is 54.7 Å². The number of carbonyl (C=O) groups excluding carboxylic acids is 1. The van der Waals surface area contributed by atoms with E-state index in [1.807, 2.05) is 73.3 Å². The molecule has 0 spiro atoms. The first-order chi connectivity index (χ1) is 10.7. The van der Waals surface area contributed by atoms with Crippen molar-refractivity contribution in [2.24, 2.45) is 7.05 Å². The van der Waals surface area contributed by atoms with E-state index in [4.69, 9.17) is 4.74 Å².